The summed E-state index contributed by atoms with van der Waals surface area (Å²) in [6.45, 7) is 6.57. The highest BCUT2D eigenvalue weighted by Crippen LogP contribution is 2.23. The minimum atomic E-state index is 0.00503. The van der Waals surface area contributed by atoms with Crippen molar-refractivity contribution in [2.45, 2.75) is 58.0 Å². The molecule has 1 fully saturated rings. The minimum absolute atomic E-state index is 0.00503. The maximum atomic E-state index is 12.1. The van der Waals surface area contributed by atoms with Gasteiger partial charge in [-0.3, -0.25) is 19.5 Å². The first-order valence-corrected chi connectivity index (χ1v) is 9.26. The summed E-state index contributed by atoms with van der Waals surface area (Å²) in [7, 11) is 0. The number of nitrogens with zero attached hydrogens (tertiary/aromatic N) is 2. The predicted molar refractivity (Wildman–Crippen MR) is 97.9 cm³/mol. The molecule has 1 aliphatic heterocycles. The van der Waals surface area contributed by atoms with Gasteiger partial charge in [-0.2, -0.15) is 0 Å². The van der Waals surface area contributed by atoms with Gasteiger partial charge in [0.25, 0.3) is 0 Å². The monoisotopic (exact) mass is 346 g/mol. The van der Waals surface area contributed by atoms with Crippen LogP contribution >= 0.6 is 0 Å². The molecule has 0 spiro atoms. The van der Waals surface area contributed by atoms with Crippen LogP contribution in [0.15, 0.2) is 24.5 Å². The van der Waals surface area contributed by atoms with Gasteiger partial charge in [0.15, 0.2) is 0 Å². The Labute approximate surface area is 150 Å². The molecule has 2 heterocycles. The van der Waals surface area contributed by atoms with Crippen molar-refractivity contribution in [1.82, 2.24) is 20.5 Å². The normalized spacial score (nSPS) is 16.0. The van der Waals surface area contributed by atoms with Crippen molar-refractivity contribution >= 4 is 11.8 Å². The molecular formula is C19H30N4O2. The van der Waals surface area contributed by atoms with Crippen LogP contribution in [-0.4, -0.2) is 47.4 Å². The smallest absolute Gasteiger partial charge is 0.220 e. The van der Waals surface area contributed by atoms with Crippen molar-refractivity contribution < 1.29 is 9.59 Å². The van der Waals surface area contributed by atoms with E-state index in [1.807, 2.05) is 26.1 Å². The topological polar surface area (TPSA) is 74.3 Å². The van der Waals surface area contributed by atoms with Gasteiger partial charge in [0.1, 0.15) is 0 Å². The second-order valence-electron chi connectivity index (χ2n) is 6.93. The fraction of sp³-hybridized carbons (Fsp3) is 0.632. The summed E-state index contributed by atoms with van der Waals surface area (Å²) in [4.78, 5) is 30.3. The molecule has 0 aromatic carbocycles. The van der Waals surface area contributed by atoms with Crippen LogP contribution in [0.3, 0.4) is 0 Å². The van der Waals surface area contributed by atoms with E-state index >= 15 is 0 Å². The molecule has 2 rings (SSSR count). The number of hydrogen-bond acceptors (Lipinski definition) is 4. The average Bonchev–Trinajstić information content (AvgIpc) is 3.09. The number of aromatic nitrogens is 1. The fourth-order valence-electron chi connectivity index (χ4n) is 3.19. The van der Waals surface area contributed by atoms with Gasteiger partial charge in [-0.05, 0) is 57.8 Å². The van der Waals surface area contributed by atoms with Crippen LogP contribution in [0.25, 0.3) is 0 Å². The molecule has 1 saturated heterocycles. The lowest BCUT2D eigenvalue weighted by Crippen LogP contribution is -2.37. The molecule has 0 bridgehead atoms. The van der Waals surface area contributed by atoms with E-state index in [4.69, 9.17) is 0 Å². The first-order valence-electron chi connectivity index (χ1n) is 9.26. The largest absolute Gasteiger partial charge is 0.354 e. The van der Waals surface area contributed by atoms with E-state index in [1.54, 1.807) is 6.20 Å². The number of amides is 2. The maximum absolute atomic E-state index is 12.1. The van der Waals surface area contributed by atoms with Gasteiger partial charge in [0, 0.05) is 37.8 Å². The lowest BCUT2D eigenvalue weighted by molar-refractivity contribution is -0.122. The number of likely N-dealkylation sites (tertiary alicyclic amines) is 1. The zero-order valence-electron chi connectivity index (χ0n) is 15.3. The zero-order valence-corrected chi connectivity index (χ0v) is 15.3. The number of nitrogens with one attached hydrogen (secondary N) is 2. The summed E-state index contributed by atoms with van der Waals surface area (Å²) in [5, 5.41) is 5.87. The van der Waals surface area contributed by atoms with Crippen molar-refractivity contribution in [3.63, 3.8) is 0 Å². The Morgan fingerprint density at radius 2 is 1.92 bits per heavy atom. The third-order valence-electron chi connectivity index (χ3n) is 4.40. The van der Waals surface area contributed by atoms with Crippen LogP contribution < -0.4 is 10.6 Å². The Morgan fingerprint density at radius 3 is 2.56 bits per heavy atom. The van der Waals surface area contributed by atoms with Crippen LogP contribution in [-0.2, 0) is 9.59 Å². The summed E-state index contributed by atoms with van der Waals surface area (Å²) in [5.74, 6) is 0.0125. The Balaban J connectivity index is 1.78. The Kier molecular flexibility index (Phi) is 7.85. The van der Waals surface area contributed by atoms with Crippen LogP contribution in [0.2, 0.25) is 0 Å². The summed E-state index contributed by atoms with van der Waals surface area (Å²) in [6, 6.07) is 4.32. The van der Waals surface area contributed by atoms with Crippen LogP contribution in [0.1, 0.15) is 57.6 Å². The number of carbonyl (C=O) groups excluding carboxylic acids is 2. The summed E-state index contributed by atoms with van der Waals surface area (Å²) in [6.07, 6.45) is 7.41. The lowest BCUT2D eigenvalue weighted by atomic mass is 10.1. The number of hydrogen-bond donors (Lipinski definition) is 2. The Morgan fingerprint density at radius 1 is 1.20 bits per heavy atom. The molecule has 6 heteroatoms. The SMILES string of the molecule is CC(C)NC(=O)CCCC(=O)NCC(c1cccnc1)N1CCCC1. The quantitative estimate of drug-likeness (QED) is 0.717. The molecule has 1 aromatic heterocycles. The first kappa shape index (κ1) is 19.4. The van der Waals surface area contributed by atoms with E-state index in [0.29, 0.717) is 25.8 Å². The van der Waals surface area contributed by atoms with Crippen molar-refractivity contribution in [1.29, 1.82) is 0 Å². The molecule has 1 aromatic rings. The highest BCUT2D eigenvalue weighted by molar-refractivity contribution is 5.79. The molecule has 0 radical (unpaired) electrons. The van der Waals surface area contributed by atoms with Crippen molar-refractivity contribution in [3.8, 4) is 0 Å². The zero-order chi connectivity index (χ0) is 18.1. The van der Waals surface area contributed by atoms with Crippen LogP contribution in [0.4, 0.5) is 0 Å². The van der Waals surface area contributed by atoms with Gasteiger partial charge in [-0.25, -0.2) is 0 Å². The average molecular weight is 346 g/mol. The van der Waals surface area contributed by atoms with Gasteiger partial charge in [0.2, 0.25) is 11.8 Å². The molecule has 1 atom stereocenters. The summed E-state index contributed by atoms with van der Waals surface area (Å²) < 4.78 is 0. The van der Waals surface area contributed by atoms with E-state index < -0.39 is 0 Å². The van der Waals surface area contributed by atoms with E-state index in [1.165, 1.54) is 12.8 Å². The standard InChI is InChI=1S/C19H30N4O2/c1-15(2)22-19(25)9-5-8-18(24)21-14-17(23-11-3-4-12-23)16-7-6-10-20-13-16/h6-7,10,13,15,17H,3-5,8-9,11-12,14H2,1-2H3,(H,21,24)(H,22,25). The molecule has 1 aliphatic rings. The molecule has 1 unspecified atom stereocenters. The molecule has 2 amide bonds. The second-order valence-corrected chi connectivity index (χ2v) is 6.93. The van der Waals surface area contributed by atoms with Crippen LogP contribution in [0.5, 0.6) is 0 Å². The molecule has 0 aliphatic carbocycles. The summed E-state index contributed by atoms with van der Waals surface area (Å²) in [5.41, 5.74) is 1.14. The maximum Gasteiger partial charge on any atom is 0.220 e. The van der Waals surface area contributed by atoms with Crippen molar-refractivity contribution in [2.24, 2.45) is 0 Å². The molecule has 6 nitrogen and oxygen atoms in total. The minimum Gasteiger partial charge on any atom is -0.354 e. The molecule has 138 valence electrons. The van der Waals surface area contributed by atoms with Gasteiger partial charge in [-0.15, -0.1) is 0 Å². The molecule has 0 saturated carbocycles. The van der Waals surface area contributed by atoms with E-state index in [9.17, 15) is 9.59 Å². The highest BCUT2D eigenvalue weighted by Gasteiger charge is 2.24. The first-order chi connectivity index (χ1) is 12.1. The fourth-order valence-corrected chi connectivity index (χ4v) is 3.19. The second kappa shape index (κ2) is 10.1. The van der Waals surface area contributed by atoms with E-state index in [0.717, 1.165) is 18.7 Å². The number of carbonyl (C=O) groups is 2. The van der Waals surface area contributed by atoms with Crippen LogP contribution in [0, 0.1) is 0 Å². The van der Waals surface area contributed by atoms with Gasteiger partial charge < -0.3 is 10.6 Å². The van der Waals surface area contributed by atoms with Gasteiger partial charge in [0.05, 0.1) is 6.04 Å². The molecule has 2 N–H and O–H groups in total. The highest BCUT2D eigenvalue weighted by atomic mass is 16.2. The van der Waals surface area contributed by atoms with Crippen molar-refractivity contribution in [3.05, 3.63) is 30.1 Å². The van der Waals surface area contributed by atoms with E-state index in [-0.39, 0.29) is 23.9 Å². The number of pyridine rings is 1. The Hall–Kier alpha value is -1.95. The lowest BCUT2D eigenvalue weighted by Gasteiger charge is -2.28. The Bertz CT molecular complexity index is 542. The molecule has 25 heavy (non-hydrogen) atoms. The van der Waals surface area contributed by atoms with Gasteiger partial charge >= 0.3 is 0 Å². The number of rotatable bonds is 9. The third-order valence-corrected chi connectivity index (χ3v) is 4.40. The van der Waals surface area contributed by atoms with Crippen molar-refractivity contribution in [2.75, 3.05) is 19.6 Å². The predicted octanol–water partition coefficient (Wildman–Crippen LogP) is 2.03. The van der Waals surface area contributed by atoms with E-state index in [2.05, 4.69) is 26.6 Å². The third kappa shape index (κ3) is 6.82. The summed E-state index contributed by atoms with van der Waals surface area (Å²) >= 11 is 0. The molecular weight excluding hydrogens is 316 g/mol. The van der Waals surface area contributed by atoms with Gasteiger partial charge in [-0.1, -0.05) is 6.07 Å².